The number of allylic oxidation sites excluding steroid dienone is 1. The molecule has 2 unspecified atom stereocenters. The van der Waals surface area contributed by atoms with Crippen molar-refractivity contribution in [1.82, 2.24) is 5.48 Å². The Balaban J connectivity index is 1.92. The van der Waals surface area contributed by atoms with Gasteiger partial charge in [-0.05, 0) is 42.0 Å². The van der Waals surface area contributed by atoms with E-state index >= 15 is 0 Å². The van der Waals surface area contributed by atoms with Crippen molar-refractivity contribution in [2.75, 3.05) is 0 Å². The van der Waals surface area contributed by atoms with Crippen LogP contribution in [0.25, 0.3) is 6.08 Å². The number of benzene rings is 2. The Morgan fingerprint density at radius 2 is 1.71 bits per heavy atom. The lowest BCUT2D eigenvalue weighted by Gasteiger charge is -2.31. The van der Waals surface area contributed by atoms with Crippen molar-refractivity contribution < 1.29 is 10.4 Å². The molecule has 0 heterocycles. The van der Waals surface area contributed by atoms with Crippen LogP contribution in [0.1, 0.15) is 36.4 Å². The standard InChI is InChI=1S/C20H22N2O2/c23-21-19(16-10-5-2-6-11-16)18-13-7-12-17(20(18)22-24)14-15-8-3-1-4-9-15/h1-6,8-11,14,18-19,21,23-24H,7,12-13H2/b17-14+,22-20?. The molecule has 4 nitrogen and oxygen atoms in total. The number of hydroxylamine groups is 1. The van der Waals surface area contributed by atoms with Gasteiger partial charge in [-0.2, -0.15) is 5.48 Å². The summed E-state index contributed by atoms with van der Waals surface area (Å²) in [4.78, 5) is 0. The van der Waals surface area contributed by atoms with Gasteiger partial charge in [0.15, 0.2) is 0 Å². The summed E-state index contributed by atoms with van der Waals surface area (Å²) in [6, 6.07) is 19.5. The molecule has 0 spiro atoms. The van der Waals surface area contributed by atoms with E-state index in [1.165, 1.54) is 0 Å². The fraction of sp³-hybridized carbons (Fsp3) is 0.250. The Hall–Kier alpha value is -2.43. The molecule has 0 aliphatic heterocycles. The van der Waals surface area contributed by atoms with Crippen molar-refractivity contribution in [3.05, 3.63) is 77.4 Å². The minimum Gasteiger partial charge on any atom is -0.411 e. The predicted octanol–water partition coefficient (Wildman–Crippen LogP) is 4.42. The van der Waals surface area contributed by atoms with Crippen LogP contribution in [0.4, 0.5) is 0 Å². The van der Waals surface area contributed by atoms with Crippen molar-refractivity contribution >= 4 is 11.8 Å². The second kappa shape index (κ2) is 7.90. The van der Waals surface area contributed by atoms with E-state index in [0.29, 0.717) is 5.71 Å². The summed E-state index contributed by atoms with van der Waals surface area (Å²) in [5.74, 6) is -0.0777. The molecule has 1 saturated carbocycles. The molecule has 1 aliphatic carbocycles. The van der Waals surface area contributed by atoms with E-state index < -0.39 is 0 Å². The molecule has 0 aromatic heterocycles. The Kier molecular flexibility index (Phi) is 5.41. The smallest absolute Gasteiger partial charge is 0.0878 e. The average molecular weight is 322 g/mol. The quantitative estimate of drug-likeness (QED) is 0.576. The molecule has 0 bridgehead atoms. The highest BCUT2D eigenvalue weighted by molar-refractivity contribution is 6.05. The molecular formula is C20H22N2O2. The molecule has 0 amide bonds. The van der Waals surface area contributed by atoms with E-state index in [9.17, 15) is 10.4 Å². The summed E-state index contributed by atoms with van der Waals surface area (Å²) in [6.07, 6.45) is 4.80. The molecule has 0 saturated heterocycles. The van der Waals surface area contributed by atoms with Gasteiger partial charge in [0.05, 0.1) is 11.8 Å². The summed E-state index contributed by atoms with van der Waals surface area (Å²) >= 11 is 0. The SMILES string of the molecule is ON=C1/C(=C/c2ccccc2)CCCC1C(NO)c1ccccc1. The highest BCUT2D eigenvalue weighted by Gasteiger charge is 2.32. The maximum absolute atomic E-state index is 9.71. The summed E-state index contributed by atoms with van der Waals surface area (Å²) in [5, 5.41) is 23.0. The second-order valence-electron chi connectivity index (χ2n) is 6.08. The first-order chi connectivity index (χ1) is 11.8. The fourth-order valence-electron chi connectivity index (χ4n) is 3.43. The molecule has 2 aromatic carbocycles. The molecule has 124 valence electrons. The van der Waals surface area contributed by atoms with E-state index in [0.717, 1.165) is 36.0 Å². The van der Waals surface area contributed by atoms with E-state index in [2.05, 4.69) is 16.7 Å². The molecule has 1 fully saturated rings. The first-order valence-corrected chi connectivity index (χ1v) is 8.26. The van der Waals surface area contributed by atoms with E-state index in [1.807, 2.05) is 60.7 Å². The fourth-order valence-corrected chi connectivity index (χ4v) is 3.43. The van der Waals surface area contributed by atoms with Gasteiger partial charge in [-0.15, -0.1) is 0 Å². The topological polar surface area (TPSA) is 64.9 Å². The summed E-state index contributed by atoms with van der Waals surface area (Å²) in [6.45, 7) is 0. The molecule has 2 atom stereocenters. The van der Waals surface area contributed by atoms with Crippen LogP contribution in [0.3, 0.4) is 0 Å². The van der Waals surface area contributed by atoms with Crippen molar-refractivity contribution in [3.63, 3.8) is 0 Å². The third kappa shape index (κ3) is 3.55. The Morgan fingerprint density at radius 1 is 1.04 bits per heavy atom. The zero-order chi connectivity index (χ0) is 16.8. The van der Waals surface area contributed by atoms with Gasteiger partial charge in [-0.3, -0.25) is 0 Å². The van der Waals surface area contributed by atoms with Gasteiger partial charge < -0.3 is 10.4 Å². The van der Waals surface area contributed by atoms with Gasteiger partial charge >= 0.3 is 0 Å². The van der Waals surface area contributed by atoms with Crippen LogP contribution in [-0.4, -0.2) is 16.1 Å². The monoisotopic (exact) mass is 322 g/mol. The highest BCUT2D eigenvalue weighted by Crippen LogP contribution is 2.35. The first kappa shape index (κ1) is 16.4. The zero-order valence-corrected chi connectivity index (χ0v) is 13.5. The summed E-state index contributed by atoms with van der Waals surface area (Å²) in [7, 11) is 0. The third-order valence-corrected chi connectivity index (χ3v) is 4.59. The maximum Gasteiger partial charge on any atom is 0.0878 e. The normalized spacial score (nSPS) is 22.6. The minimum absolute atomic E-state index is 0.0777. The predicted molar refractivity (Wildman–Crippen MR) is 95.1 cm³/mol. The van der Waals surface area contributed by atoms with Crippen molar-refractivity contribution in [3.8, 4) is 0 Å². The number of rotatable bonds is 4. The van der Waals surface area contributed by atoms with Gasteiger partial charge in [0.1, 0.15) is 0 Å². The molecule has 3 N–H and O–H groups in total. The Morgan fingerprint density at radius 3 is 2.33 bits per heavy atom. The molecule has 4 heteroatoms. The molecule has 2 aromatic rings. The number of nitrogens with zero attached hydrogens (tertiary/aromatic N) is 1. The lowest BCUT2D eigenvalue weighted by atomic mass is 9.77. The van der Waals surface area contributed by atoms with Gasteiger partial charge in [-0.25, -0.2) is 0 Å². The highest BCUT2D eigenvalue weighted by atomic mass is 16.5. The average Bonchev–Trinajstić information content (AvgIpc) is 2.64. The maximum atomic E-state index is 9.71. The lowest BCUT2D eigenvalue weighted by Crippen LogP contribution is -2.34. The minimum atomic E-state index is -0.295. The number of hydrogen-bond donors (Lipinski definition) is 3. The largest absolute Gasteiger partial charge is 0.411 e. The lowest BCUT2D eigenvalue weighted by molar-refractivity contribution is 0.106. The zero-order valence-electron chi connectivity index (χ0n) is 13.5. The van der Waals surface area contributed by atoms with Crippen molar-refractivity contribution in [1.29, 1.82) is 0 Å². The molecule has 0 radical (unpaired) electrons. The van der Waals surface area contributed by atoms with Crippen LogP contribution in [0.15, 0.2) is 71.4 Å². The molecule has 1 aliphatic rings. The third-order valence-electron chi connectivity index (χ3n) is 4.59. The van der Waals surface area contributed by atoms with Gasteiger partial charge in [0.2, 0.25) is 0 Å². The summed E-state index contributed by atoms with van der Waals surface area (Å²) < 4.78 is 0. The van der Waals surface area contributed by atoms with Crippen molar-refractivity contribution in [2.45, 2.75) is 25.3 Å². The van der Waals surface area contributed by atoms with Gasteiger partial charge in [-0.1, -0.05) is 65.8 Å². The van der Waals surface area contributed by atoms with Gasteiger partial charge in [0.25, 0.3) is 0 Å². The van der Waals surface area contributed by atoms with Crippen LogP contribution < -0.4 is 5.48 Å². The Labute approximate surface area is 142 Å². The van der Waals surface area contributed by atoms with E-state index in [-0.39, 0.29) is 12.0 Å². The van der Waals surface area contributed by atoms with E-state index in [1.54, 1.807) is 0 Å². The van der Waals surface area contributed by atoms with Crippen LogP contribution in [-0.2, 0) is 0 Å². The Bertz CT molecular complexity index is 711. The van der Waals surface area contributed by atoms with Crippen LogP contribution in [0, 0.1) is 5.92 Å². The summed E-state index contributed by atoms with van der Waals surface area (Å²) in [5.41, 5.74) is 6.16. The molecular weight excluding hydrogens is 300 g/mol. The molecule has 24 heavy (non-hydrogen) atoms. The van der Waals surface area contributed by atoms with Crippen molar-refractivity contribution in [2.24, 2.45) is 11.1 Å². The van der Waals surface area contributed by atoms with Crippen LogP contribution in [0.2, 0.25) is 0 Å². The second-order valence-corrected chi connectivity index (χ2v) is 6.08. The first-order valence-electron chi connectivity index (χ1n) is 8.26. The van der Waals surface area contributed by atoms with Gasteiger partial charge in [0, 0.05) is 5.92 Å². The van der Waals surface area contributed by atoms with Crippen LogP contribution in [0.5, 0.6) is 0 Å². The molecule has 3 rings (SSSR count). The number of hydrogen-bond acceptors (Lipinski definition) is 4. The van der Waals surface area contributed by atoms with E-state index in [4.69, 9.17) is 0 Å². The number of nitrogens with one attached hydrogen (secondary N) is 1. The van der Waals surface area contributed by atoms with Crippen LogP contribution >= 0.6 is 0 Å². The number of oxime groups is 1.